The normalized spacial score (nSPS) is 22.1. The number of rotatable bonds is 4. The molecule has 3 aliphatic heterocycles. The van der Waals surface area contributed by atoms with E-state index in [1.807, 2.05) is 31.2 Å². The maximum absolute atomic E-state index is 11.7. The number of amides is 1. The Morgan fingerprint density at radius 1 is 1.12 bits per heavy atom. The molecular formula is C27H29N3O4. The second kappa shape index (κ2) is 8.80. The van der Waals surface area contributed by atoms with E-state index in [0.717, 1.165) is 65.6 Å². The number of ether oxygens (including phenoxy) is 3. The van der Waals surface area contributed by atoms with Crippen LogP contribution in [-0.4, -0.2) is 54.7 Å². The highest BCUT2D eigenvalue weighted by Crippen LogP contribution is 2.38. The van der Waals surface area contributed by atoms with Crippen LogP contribution in [-0.2, 0) is 11.2 Å². The number of nitrogens with zero attached hydrogens (tertiary/aromatic N) is 2. The molecule has 1 N–H and O–H groups in total. The summed E-state index contributed by atoms with van der Waals surface area (Å²) in [6.07, 6.45) is 3.36. The molecule has 0 bridgehead atoms. The first-order chi connectivity index (χ1) is 16.6. The first-order valence-electron chi connectivity index (χ1n) is 12.1. The number of carbonyl (C=O) groups is 1. The van der Waals surface area contributed by atoms with Gasteiger partial charge in [0.2, 0.25) is 0 Å². The van der Waals surface area contributed by atoms with Crippen molar-refractivity contribution >= 4 is 22.5 Å². The number of nitrogens with one attached hydrogen (secondary N) is 1. The highest BCUT2D eigenvalue weighted by molar-refractivity contribution is 5.95. The van der Waals surface area contributed by atoms with Crippen LogP contribution >= 0.6 is 0 Å². The van der Waals surface area contributed by atoms with Crippen LogP contribution < -0.4 is 19.5 Å². The number of hydrogen-bond donors (Lipinski definition) is 1. The first kappa shape index (κ1) is 21.2. The zero-order valence-corrected chi connectivity index (χ0v) is 19.4. The minimum atomic E-state index is -0.0940. The Morgan fingerprint density at radius 2 is 2.03 bits per heavy atom. The van der Waals surface area contributed by atoms with Crippen LogP contribution in [0.5, 0.6) is 17.2 Å². The van der Waals surface area contributed by atoms with Crippen molar-refractivity contribution in [3.05, 3.63) is 53.7 Å². The van der Waals surface area contributed by atoms with Crippen molar-refractivity contribution in [1.29, 1.82) is 0 Å². The molecule has 2 aromatic carbocycles. The smallest absolute Gasteiger partial charge is 0.262 e. The first-order valence-corrected chi connectivity index (χ1v) is 12.1. The number of aromatic nitrogens is 1. The van der Waals surface area contributed by atoms with Crippen LogP contribution in [0.2, 0.25) is 0 Å². The lowest BCUT2D eigenvalue weighted by Crippen LogP contribution is -2.45. The lowest BCUT2D eigenvalue weighted by Gasteiger charge is -2.36. The van der Waals surface area contributed by atoms with Crippen molar-refractivity contribution in [2.45, 2.75) is 32.3 Å². The fourth-order valence-electron chi connectivity index (χ4n) is 5.33. The quantitative estimate of drug-likeness (QED) is 0.637. The molecule has 7 heteroatoms. The fraction of sp³-hybridized carbons (Fsp3) is 0.407. The topological polar surface area (TPSA) is 72.9 Å². The number of fused-ring (bicyclic) bond motifs is 4. The maximum Gasteiger partial charge on any atom is 0.262 e. The Bertz CT molecular complexity index is 1240. The van der Waals surface area contributed by atoms with Gasteiger partial charge < -0.3 is 19.5 Å². The van der Waals surface area contributed by atoms with Gasteiger partial charge in [-0.15, -0.1) is 0 Å². The minimum Gasteiger partial charge on any atom is -0.486 e. The van der Waals surface area contributed by atoms with Crippen molar-refractivity contribution in [3.8, 4) is 17.2 Å². The Kier molecular flexibility index (Phi) is 5.49. The second-order valence-electron chi connectivity index (χ2n) is 9.60. The van der Waals surface area contributed by atoms with Gasteiger partial charge in [0.25, 0.3) is 5.91 Å². The average molecular weight is 460 g/mol. The summed E-state index contributed by atoms with van der Waals surface area (Å²) < 4.78 is 18.0. The van der Waals surface area contributed by atoms with Gasteiger partial charge in [0, 0.05) is 24.2 Å². The summed E-state index contributed by atoms with van der Waals surface area (Å²) in [5.41, 5.74) is 3.95. The molecule has 0 aliphatic carbocycles. The predicted octanol–water partition coefficient (Wildman–Crippen LogP) is 3.97. The molecule has 3 aliphatic rings. The van der Waals surface area contributed by atoms with Gasteiger partial charge >= 0.3 is 0 Å². The van der Waals surface area contributed by atoms with Gasteiger partial charge in [-0.2, -0.15) is 0 Å². The van der Waals surface area contributed by atoms with Gasteiger partial charge in [-0.05, 0) is 80.6 Å². The van der Waals surface area contributed by atoms with E-state index in [2.05, 4.69) is 33.4 Å². The van der Waals surface area contributed by atoms with E-state index < -0.39 is 0 Å². The standard InChI is InChI=1S/C27H29N3O4/c1-17-4-6-21-22(28-17)7-9-25-27(21)34-20(15-32-25)14-30-10-2-3-19(13-30)11-18-5-8-24-23(12-18)29-26(31)16-33-24/h4-9,12,19-20H,2-3,10-11,13-16H2,1H3,(H,29,31)/t19?,20-/m0/s1. The van der Waals surface area contributed by atoms with Crippen molar-refractivity contribution in [1.82, 2.24) is 9.88 Å². The molecule has 1 amide bonds. The molecule has 7 nitrogen and oxygen atoms in total. The van der Waals surface area contributed by atoms with Gasteiger partial charge in [-0.1, -0.05) is 6.07 Å². The van der Waals surface area contributed by atoms with Crippen LogP contribution in [0.15, 0.2) is 42.5 Å². The van der Waals surface area contributed by atoms with Gasteiger partial charge in [-0.3, -0.25) is 14.7 Å². The van der Waals surface area contributed by atoms with Gasteiger partial charge in [-0.25, -0.2) is 0 Å². The minimum absolute atomic E-state index is 0.00532. The van der Waals surface area contributed by atoms with Crippen LogP contribution in [0.4, 0.5) is 5.69 Å². The van der Waals surface area contributed by atoms with E-state index in [0.29, 0.717) is 12.5 Å². The summed E-state index contributed by atoms with van der Waals surface area (Å²) in [6, 6.07) is 14.2. The Balaban J connectivity index is 1.11. The molecule has 0 radical (unpaired) electrons. The lowest BCUT2D eigenvalue weighted by molar-refractivity contribution is -0.118. The number of aryl methyl sites for hydroxylation is 1. The molecule has 3 aromatic rings. The molecule has 0 spiro atoms. The number of likely N-dealkylation sites (tertiary alicyclic amines) is 1. The van der Waals surface area contributed by atoms with Gasteiger partial charge in [0.15, 0.2) is 18.1 Å². The van der Waals surface area contributed by atoms with Crippen molar-refractivity contribution in [3.63, 3.8) is 0 Å². The highest BCUT2D eigenvalue weighted by atomic mass is 16.6. The van der Waals surface area contributed by atoms with E-state index in [1.54, 1.807) is 0 Å². The summed E-state index contributed by atoms with van der Waals surface area (Å²) in [7, 11) is 0. The Hall–Kier alpha value is -3.32. The SMILES string of the molecule is Cc1ccc2c3c(ccc2n1)OC[C@H](CN1CCCC(Cc2ccc4c(c2)NC(=O)CO4)C1)O3. The summed E-state index contributed by atoms with van der Waals surface area (Å²) in [6.45, 7) is 5.60. The van der Waals surface area contributed by atoms with Crippen LogP contribution in [0.25, 0.3) is 10.9 Å². The Morgan fingerprint density at radius 3 is 2.97 bits per heavy atom. The number of hydrogen-bond acceptors (Lipinski definition) is 6. The highest BCUT2D eigenvalue weighted by Gasteiger charge is 2.28. The van der Waals surface area contributed by atoms with E-state index >= 15 is 0 Å². The summed E-state index contributed by atoms with van der Waals surface area (Å²) in [4.78, 5) is 18.8. The van der Waals surface area contributed by atoms with Crippen LogP contribution in [0.3, 0.4) is 0 Å². The summed E-state index contributed by atoms with van der Waals surface area (Å²) in [5.74, 6) is 2.84. The molecule has 4 heterocycles. The van der Waals surface area contributed by atoms with E-state index in [4.69, 9.17) is 14.2 Å². The molecule has 2 atom stereocenters. The molecule has 6 rings (SSSR count). The van der Waals surface area contributed by atoms with Crippen LogP contribution in [0.1, 0.15) is 24.1 Å². The van der Waals surface area contributed by atoms with Crippen molar-refractivity contribution in [2.24, 2.45) is 5.92 Å². The van der Waals surface area contributed by atoms with E-state index in [-0.39, 0.29) is 18.6 Å². The second-order valence-corrected chi connectivity index (χ2v) is 9.60. The molecule has 34 heavy (non-hydrogen) atoms. The number of anilines is 1. The summed E-state index contributed by atoms with van der Waals surface area (Å²) in [5, 5.41) is 3.92. The average Bonchev–Trinajstić information content (AvgIpc) is 2.83. The zero-order valence-electron chi connectivity index (χ0n) is 19.4. The molecular weight excluding hydrogens is 430 g/mol. The maximum atomic E-state index is 11.7. The summed E-state index contributed by atoms with van der Waals surface area (Å²) >= 11 is 0. The van der Waals surface area contributed by atoms with E-state index in [9.17, 15) is 4.79 Å². The monoisotopic (exact) mass is 459 g/mol. The van der Waals surface area contributed by atoms with Crippen molar-refractivity contribution in [2.75, 3.05) is 38.2 Å². The van der Waals surface area contributed by atoms with Crippen LogP contribution in [0, 0.1) is 12.8 Å². The number of pyridine rings is 1. The Labute approximate surface area is 199 Å². The third-order valence-corrected chi connectivity index (χ3v) is 6.90. The number of carbonyl (C=O) groups excluding carboxylic acids is 1. The number of piperidine rings is 1. The predicted molar refractivity (Wildman–Crippen MR) is 130 cm³/mol. The number of benzene rings is 2. The largest absolute Gasteiger partial charge is 0.486 e. The molecule has 1 fully saturated rings. The van der Waals surface area contributed by atoms with E-state index in [1.165, 1.54) is 18.4 Å². The fourth-order valence-corrected chi connectivity index (χ4v) is 5.33. The third-order valence-electron chi connectivity index (χ3n) is 6.90. The van der Waals surface area contributed by atoms with Crippen molar-refractivity contribution < 1.29 is 19.0 Å². The lowest BCUT2D eigenvalue weighted by atomic mass is 9.91. The van der Waals surface area contributed by atoms with Gasteiger partial charge in [0.05, 0.1) is 11.2 Å². The molecule has 0 saturated carbocycles. The molecule has 1 saturated heterocycles. The zero-order chi connectivity index (χ0) is 23.1. The molecule has 1 unspecified atom stereocenters. The third kappa shape index (κ3) is 4.28. The molecule has 1 aromatic heterocycles. The molecule has 176 valence electrons. The van der Waals surface area contributed by atoms with Gasteiger partial charge in [0.1, 0.15) is 18.5 Å².